The van der Waals surface area contributed by atoms with Gasteiger partial charge in [0.2, 0.25) is 0 Å². The lowest BCUT2D eigenvalue weighted by molar-refractivity contribution is -0.137. The van der Waals surface area contributed by atoms with E-state index in [1.54, 1.807) is 12.1 Å². The number of amides is 1. The predicted octanol–water partition coefficient (Wildman–Crippen LogP) is 3.94. The van der Waals surface area contributed by atoms with Crippen molar-refractivity contribution in [2.45, 2.75) is 19.2 Å². The van der Waals surface area contributed by atoms with Gasteiger partial charge in [-0.2, -0.15) is 13.2 Å². The number of pyridine rings is 1. The number of alkyl halides is 3. The van der Waals surface area contributed by atoms with Gasteiger partial charge in [-0.15, -0.1) is 0 Å². The highest BCUT2D eigenvalue weighted by molar-refractivity contribution is 6.31. The molecule has 0 saturated heterocycles. The van der Waals surface area contributed by atoms with Crippen LogP contribution in [-0.2, 0) is 15.7 Å². The Morgan fingerprint density at radius 1 is 1.24 bits per heavy atom. The van der Waals surface area contributed by atoms with E-state index in [4.69, 9.17) is 16.3 Å². The summed E-state index contributed by atoms with van der Waals surface area (Å²) in [6.45, 7) is 1.29. The summed E-state index contributed by atoms with van der Waals surface area (Å²) in [6.07, 6.45) is -4.51. The predicted molar refractivity (Wildman–Crippen MR) is 84.2 cm³/mol. The van der Waals surface area contributed by atoms with Gasteiger partial charge in [-0.05, 0) is 37.3 Å². The molecule has 0 aliphatic rings. The van der Waals surface area contributed by atoms with Crippen LogP contribution in [0.3, 0.4) is 0 Å². The highest BCUT2D eigenvalue weighted by atomic mass is 35.5. The number of hydrogen-bond acceptors (Lipinski definition) is 4. The number of rotatable bonds is 4. The molecule has 0 aliphatic heterocycles. The Labute approximate surface area is 145 Å². The van der Waals surface area contributed by atoms with E-state index in [9.17, 15) is 22.8 Å². The molecule has 0 bridgehead atoms. The molecule has 1 atom stereocenters. The van der Waals surface area contributed by atoms with Crippen LogP contribution in [0.25, 0.3) is 0 Å². The Bertz CT molecular complexity index is 782. The van der Waals surface area contributed by atoms with Crippen LogP contribution in [0.15, 0.2) is 42.6 Å². The Morgan fingerprint density at radius 2 is 1.96 bits per heavy atom. The van der Waals surface area contributed by atoms with Crippen LogP contribution in [0.5, 0.6) is 0 Å². The monoisotopic (exact) mass is 372 g/mol. The average Bonchev–Trinajstić information content (AvgIpc) is 2.56. The molecule has 0 fully saturated rings. The first-order chi connectivity index (χ1) is 11.7. The van der Waals surface area contributed by atoms with Crippen molar-refractivity contribution in [3.63, 3.8) is 0 Å². The highest BCUT2D eigenvalue weighted by Crippen LogP contribution is 2.36. The average molecular weight is 373 g/mol. The molecular weight excluding hydrogens is 361 g/mol. The maximum Gasteiger partial charge on any atom is 0.417 e. The molecule has 1 heterocycles. The molecule has 0 aliphatic carbocycles. The van der Waals surface area contributed by atoms with Crippen LogP contribution in [0.4, 0.5) is 18.9 Å². The molecule has 0 saturated carbocycles. The summed E-state index contributed by atoms with van der Waals surface area (Å²) >= 11 is 5.51. The van der Waals surface area contributed by atoms with Crippen molar-refractivity contribution in [1.29, 1.82) is 0 Å². The third kappa shape index (κ3) is 4.93. The molecular formula is C16H12ClF3N2O3. The van der Waals surface area contributed by atoms with Gasteiger partial charge in [0, 0.05) is 11.9 Å². The number of esters is 1. The number of hydrogen-bond donors (Lipinski definition) is 1. The lowest BCUT2D eigenvalue weighted by Crippen LogP contribution is -2.30. The minimum absolute atomic E-state index is 0.00741. The minimum atomic E-state index is -4.66. The molecule has 2 aromatic rings. The summed E-state index contributed by atoms with van der Waals surface area (Å²) in [7, 11) is 0. The first-order valence-electron chi connectivity index (χ1n) is 6.98. The summed E-state index contributed by atoms with van der Waals surface area (Å²) in [6, 6.07) is 7.51. The Kier molecular flexibility index (Phi) is 5.63. The molecule has 25 heavy (non-hydrogen) atoms. The van der Waals surface area contributed by atoms with Crippen molar-refractivity contribution in [1.82, 2.24) is 4.98 Å². The molecule has 5 nitrogen and oxygen atoms in total. The number of carbonyl (C=O) groups is 2. The molecule has 1 aromatic heterocycles. The molecule has 9 heteroatoms. The number of halogens is 4. The number of anilines is 1. The Balaban J connectivity index is 2.05. The molecule has 0 spiro atoms. The fourth-order valence-corrected chi connectivity index (χ4v) is 2.05. The summed E-state index contributed by atoms with van der Waals surface area (Å²) in [5.74, 6) is -1.62. The quantitative estimate of drug-likeness (QED) is 0.825. The van der Waals surface area contributed by atoms with Gasteiger partial charge in [0.15, 0.2) is 6.10 Å². The molecule has 1 aromatic carbocycles. The zero-order valence-corrected chi connectivity index (χ0v) is 13.6. The van der Waals surface area contributed by atoms with Gasteiger partial charge in [0.1, 0.15) is 5.69 Å². The zero-order chi connectivity index (χ0) is 18.6. The van der Waals surface area contributed by atoms with Gasteiger partial charge in [-0.1, -0.05) is 17.7 Å². The summed E-state index contributed by atoms with van der Waals surface area (Å²) in [4.78, 5) is 27.6. The van der Waals surface area contributed by atoms with Crippen molar-refractivity contribution < 1.29 is 27.5 Å². The van der Waals surface area contributed by atoms with Crippen LogP contribution in [-0.4, -0.2) is 23.0 Å². The van der Waals surface area contributed by atoms with E-state index in [0.29, 0.717) is 6.07 Å². The number of carbonyl (C=O) groups excluding carboxylic acids is 2. The van der Waals surface area contributed by atoms with Gasteiger partial charge in [0.05, 0.1) is 10.6 Å². The van der Waals surface area contributed by atoms with E-state index < -0.39 is 34.7 Å². The lowest BCUT2D eigenvalue weighted by Gasteiger charge is -2.15. The van der Waals surface area contributed by atoms with E-state index in [-0.39, 0.29) is 11.4 Å². The number of benzene rings is 1. The fraction of sp³-hybridized carbons (Fsp3) is 0.188. The van der Waals surface area contributed by atoms with Crippen LogP contribution < -0.4 is 5.32 Å². The maximum absolute atomic E-state index is 12.8. The minimum Gasteiger partial charge on any atom is -0.448 e. The number of aromatic nitrogens is 1. The number of ether oxygens (including phenoxy) is 1. The zero-order valence-electron chi connectivity index (χ0n) is 12.8. The second-order valence-corrected chi connectivity index (χ2v) is 5.35. The number of nitrogens with one attached hydrogen (secondary N) is 1. The lowest BCUT2D eigenvalue weighted by atomic mass is 10.2. The van der Waals surface area contributed by atoms with Crippen molar-refractivity contribution in [2.24, 2.45) is 0 Å². The third-order valence-electron chi connectivity index (χ3n) is 3.07. The van der Waals surface area contributed by atoms with Crippen molar-refractivity contribution >= 4 is 29.2 Å². The molecule has 1 amide bonds. The summed E-state index contributed by atoms with van der Waals surface area (Å²) in [5, 5.41) is 1.76. The molecule has 0 radical (unpaired) electrons. The van der Waals surface area contributed by atoms with Crippen molar-refractivity contribution in [3.05, 3.63) is 58.9 Å². The van der Waals surface area contributed by atoms with E-state index in [2.05, 4.69) is 10.3 Å². The second kappa shape index (κ2) is 7.52. The smallest absolute Gasteiger partial charge is 0.417 e. The Morgan fingerprint density at radius 3 is 2.56 bits per heavy atom. The summed E-state index contributed by atoms with van der Waals surface area (Å²) in [5.41, 5.74) is -1.19. The van der Waals surface area contributed by atoms with Gasteiger partial charge < -0.3 is 10.1 Å². The number of nitrogens with zero attached hydrogens (tertiary/aromatic N) is 1. The standard InChI is InChI=1S/C16H12ClF3N2O3/c1-9(25-15(24)13-4-2-3-7-21-13)14(23)22-10-5-6-12(17)11(8-10)16(18,19)20/h2-9H,1H3,(H,22,23)/t9-/m0/s1. The normalized spacial score (nSPS) is 12.4. The van der Waals surface area contributed by atoms with E-state index in [0.717, 1.165) is 6.07 Å². The largest absolute Gasteiger partial charge is 0.448 e. The second-order valence-electron chi connectivity index (χ2n) is 4.94. The van der Waals surface area contributed by atoms with E-state index in [1.807, 2.05) is 0 Å². The molecule has 132 valence electrons. The van der Waals surface area contributed by atoms with Crippen LogP contribution in [0.2, 0.25) is 5.02 Å². The van der Waals surface area contributed by atoms with Gasteiger partial charge in [-0.3, -0.25) is 4.79 Å². The summed E-state index contributed by atoms with van der Waals surface area (Å²) < 4.78 is 43.4. The SMILES string of the molecule is C[C@H](OC(=O)c1ccccn1)C(=O)Nc1ccc(Cl)c(C(F)(F)F)c1. The highest BCUT2D eigenvalue weighted by Gasteiger charge is 2.33. The van der Waals surface area contributed by atoms with E-state index in [1.165, 1.54) is 25.3 Å². The van der Waals surface area contributed by atoms with Crippen LogP contribution in [0.1, 0.15) is 23.0 Å². The van der Waals surface area contributed by atoms with Crippen molar-refractivity contribution in [2.75, 3.05) is 5.32 Å². The van der Waals surface area contributed by atoms with Crippen LogP contribution >= 0.6 is 11.6 Å². The topological polar surface area (TPSA) is 68.3 Å². The van der Waals surface area contributed by atoms with Crippen LogP contribution in [0, 0.1) is 0 Å². The first-order valence-corrected chi connectivity index (χ1v) is 7.36. The van der Waals surface area contributed by atoms with Crippen molar-refractivity contribution in [3.8, 4) is 0 Å². The van der Waals surface area contributed by atoms with E-state index >= 15 is 0 Å². The Hall–Kier alpha value is -2.61. The molecule has 1 N–H and O–H groups in total. The van der Waals surface area contributed by atoms with Gasteiger partial charge >= 0.3 is 12.1 Å². The van der Waals surface area contributed by atoms with Gasteiger partial charge in [0.25, 0.3) is 5.91 Å². The van der Waals surface area contributed by atoms with Gasteiger partial charge in [-0.25, -0.2) is 9.78 Å². The fourth-order valence-electron chi connectivity index (χ4n) is 1.82. The molecule has 0 unspecified atom stereocenters. The first kappa shape index (κ1) is 18.7. The maximum atomic E-state index is 12.8. The molecule has 2 rings (SSSR count). The third-order valence-corrected chi connectivity index (χ3v) is 3.40.